The van der Waals surface area contributed by atoms with Crippen LogP contribution in [0.5, 0.6) is 0 Å². The lowest BCUT2D eigenvalue weighted by Gasteiger charge is -2.24. The minimum absolute atomic E-state index is 0.434. The van der Waals surface area contributed by atoms with Crippen LogP contribution in [0.2, 0.25) is 0 Å². The van der Waals surface area contributed by atoms with Gasteiger partial charge in [-0.1, -0.05) is 6.58 Å². The normalized spacial score (nSPS) is 18.3. The van der Waals surface area contributed by atoms with Crippen molar-refractivity contribution in [2.75, 3.05) is 26.4 Å². The zero-order chi connectivity index (χ0) is 10.2. The number of esters is 1. The fourth-order valence-corrected chi connectivity index (χ4v) is 1.15. The minimum Gasteiger partial charge on any atom is -0.432 e. The molecule has 0 aliphatic carbocycles. The van der Waals surface area contributed by atoms with E-state index in [1.165, 1.54) is 6.26 Å². The Hall–Kier alpha value is -1.13. The maximum Gasteiger partial charge on any atom is 0.334 e. The molecule has 0 bridgehead atoms. The zero-order valence-corrected chi connectivity index (χ0v) is 8.15. The van der Waals surface area contributed by atoms with Gasteiger partial charge in [-0.15, -0.1) is 0 Å². The fraction of sp³-hybridized carbons (Fsp3) is 0.500. The highest BCUT2D eigenvalue weighted by Gasteiger charge is 2.07. The highest BCUT2D eigenvalue weighted by atomic mass is 16.5. The fourth-order valence-electron chi connectivity index (χ4n) is 1.15. The average molecular weight is 197 g/mol. The van der Waals surface area contributed by atoms with Crippen molar-refractivity contribution >= 4 is 5.97 Å². The lowest BCUT2D eigenvalue weighted by Crippen LogP contribution is -2.33. The van der Waals surface area contributed by atoms with Gasteiger partial charge in [0.2, 0.25) is 0 Å². The molecule has 1 aliphatic rings. The van der Waals surface area contributed by atoms with Gasteiger partial charge in [-0.05, 0) is 12.5 Å². The summed E-state index contributed by atoms with van der Waals surface area (Å²) < 4.78 is 9.93. The van der Waals surface area contributed by atoms with Crippen LogP contribution in [-0.2, 0) is 14.3 Å². The third kappa shape index (κ3) is 4.20. The number of ether oxygens (including phenoxy) is 2. The number of carbonyl (C=O) groups is 1. The first-order chi connectivity index (χ1) is 6.83. The molecule has 0 amide bonds. The molecular weight excluding hydrogens is 182 g/mol. The summed E-state index contributed by atoms with van der Waals surface area (Å²) in [5.74, 6) is -0.434. The summed E-state index contributed by atoms with van der Waals surface area (Å²) in [6, 6.07) is 0. The Kier molecular flexibility index (Phi) is 4.96. The maximum atomic E-state index is 10.6. The van der Waals surface area contributed by atoms with Crippen molar-refractivity contribution in [3.8, 4) is 0 Å². The molecule has 0 spiro atoms. The van der Waals surface area contributed by atoms with Crippen LogP contribution in [0.1, 0.15) is 6.42 Å². The number of carbonyl (C=O) groups excluding carboxylic acids is 1. The number of rotatable bonds is 4. The van der Waals surface area contributed by atoms with E-state index < -0.39 is 5.97 Å². The summed E-state index contributed by atoms with van der Waals surface area (Å²) in [6.07, 6.45) is 5.36. The van der Waals surface area contributed by atoms with Crippen molar-refractivity contribution in [2.45, 2.75) is 6.42 Å². The summed E-state index contributed by atoms with van der Waals surface area (Å²) in [5, 5.41) is 0. The molecule has 0 N–H and O–H groups in total. The van der Waals surface area contributed by atoms with E-state index in [1.54, 1.807) is 6.08 Å². The summed E-state index contributed by atoms with van der Waals surface area (Å²) in [6.45, 7) is 6.55. The Bertz CT molecular complexity index is 219. The second-order valence-corrected chi connectivity index (χ2v) is 2.98. The number of nitrogens with zero attached hydrogens (tertiary/aromatic N) is 1. The maximum absolute atomic E-state index is 10.6. The van der Waals surface area contributed by atoms with Gasteiger partial charge < -0.3 is 9.47 Å². The smallest absolute Gasteiger partial charge is 0.334 e. The Balaban J connectivity index is 2.12. The van der Waals surface area contributed by atoms with E-state index in [-0.39, 0.29) is 0 Å². The van der Waals surface area contributed by atoms with Gasteiger partial charge in [0, 0.05) is 25.8 Å². The van der Waals surface area contributed by atoms with Crippen molar-refractivity contribution in [1.82, 2.24) is 4.90 Å². The molecule has 1 aliphatic heterocycles. The molecular formula is C10H15NO3. The Labute approximate surface area is 83.8 Å². The van der Waals surface area contributed by atoms with Gasteiger partial charge in [-0.25, -0.2) is 4.79 Å². The largest absolute Gasteiger partial charge is 0.432 e. The Morgan fingerprint density at radius 1 is 1.64 bits per heavy atom. The van der Waals surface area contributed by atoms with Crippen molar-refractivity contribution < 1.29 is 14.3 Å². The van der Waals surface area contributed by atoms with Crippen LogP contribution in [0, 0.1) is 0 Å². The second kappa shape index (κ2) is 6.34. The third-order valence-electron chi connectivity index (χ3n) is 1.85. The second-order valence-electron chi connectivity index (χ2n) is 2.98. The molecule has 1 rings (SSSR count). The summed E-state index contributed by atoms with van der Waals surface area (Å²) >= 11 is 0. The summed E-state index contributed by atoms with van der Waals surface area (Å²) in [7, 11) is 0. The van der Waals surface area contributed by atoms with E-state index >= 15 is 0 Å². The third-order valence-corrected chi connectivity index (χ3v) is 1.85. The molecule has 1 heterocycles. The lowest BCUT2D eigenvalue weighted by atomic mass is 10.4. The van der Waals surface area contributed by atoms with Crippen LogP contribution in [0.4, 0.5) is 0 Å². The van der Waals surface area contributed by atoms with Gasteiger partial charge in [0.1, 0.15) is 0 Å². The predicted molar refractivity (Wildman–Crippen MR) is 52.4 cm³/mol. The van der Waals surface area contributed by atoms with Crippen molar-refractivity contribution in [1.29, 1.82) is 0 Å². The molecule has 4 heteroatoms. The monoisotopic (exact) mass is 197 g/mol. The average Bonchev–Trinajstić information content (AvgIpc) is 2.25. The van der Waals surface area contributed by atoms with E-state index in [0.717, 1.165) is 32.2 Å². The van der Waals surface area contributed by atoms with Crippen molar-refractivity contribution in [3.63, 3.8) is 0 Å². The van der Waals surface area contributed by atoms with Crippen LogP contribution in [0.25, 0.3) is 0 Å². The van der Waals surface area contributed by atoms with E-state index in [0.29, 0.717) is 6.73 Å². The number of hydrogen-bond acceptors (Lipinski definition) is 4. The van der Waals surface area contributed by atoms with Gasteiger partial charge in [0.05, 0.1) is 13.0 Å². The first kappa shape index (κ1) is 10.9. The topological polar surface area (TPSA) is 38.8 Å². The van der Waals surface area contributed by atoms with E-state index in [4.69, 9.17) is 4.74 Å². The van der Waals surface area contributed by atoms with E-state index in [1.807, 2.05) is 0 Å². The molecule has 0 radical (unpaired) electrons. The van der Waals surface area contributed by atoms with Crippen molar-refractivity contribution in [2.24, 2.45) is 0 Å². The molecule has 0 aromatic carbocycles. The molecule has 0 aromatic heterocycles. The van der Waals surface area contributed by atoms with Gasteiger partial charge in [0.25, 0.3) is 0 Å². The van der Waals surface area contributed by atoms with Crippen LogP contribution >= 0.6 is 0 Å². The summed E-state index contributed by atoms with van der Waals surface area (Å²) in [5.41, 5.74) is 0. The van der Waals surface area contributed by atoms with Crippen molar-refractivity contribution in [3.05, 3.63) is 25.0 Å². The van der Waals surface area contributed by atoms with Gasteiger partial charge in [0.15, 0.2) is 0 Å². The minimum atomic E-state index is -0.434. The molecule has 4 nitrogen and oxygen atoms in total. The highest BCUT2D eigenvalue weighted by molar-refractivity contribution is 5.81. The van der Waals surface area contributed by atoms with Gasteiger partial charge in [-0.2, -0.15) is 0 Å². The van der Waals surface area contributed by atoms with E-state index in [9.17, 15) is 4.79 Å². The van der Waals surface area contributed by atoms with Gasteiger partial charge >= 0.3 is 5.97 Å². The van der Waals surface area contributed by atoms with Crippen LogP contribution in [0.15, 0.2) is 25.0 Å². The molecule has 0 saturated carbocycles. The standard InChI is InChI=1S/C10H15NO3/c1-2-10(12)14-8-4-6-11-5-3-7-13-9-11/h2,4,8H,1,3,5-7,9H2. The van der Waals surface area contributed by atoms with Crippen LogP contribution < -0.4 is 0 Å². The molecule has 14 heavy (non-hydrogen) atoms. The first-order valence-electron chi connectivity index (χ1n) is 4.61. The van der Waals surface area contributed by atoms with Crippen LogP contribution in [-0.4, -0.2) is 37.3 Å². The lowest BCUT2D eigenvalue weighted by molar-refractivity contribution is -0.132. The van der Waals surface area contributed by atoms with Gasteiger partial charge in [-0.3, -0.25) is 4.90 Å². The molecule has 0 unspecified atom stereocenters. The molecule has 78 valence electrons. The zero-order valence-electron chi connectivity index (χ0n) is 8.15. The Morgan fingerprint density at radius 2 is 2.50 bits per heavy atom. The molecule has 0 aromatic rings. The highest BCUT2D eigenvalue weighted by Crippen LogP contribution is 2.00. The quantitative estimate of drug-likeness (QED) is 0.381. The Morgan fingerprint density at radius 3 is 3.14 bits per heavy atom. The molecule has 1 fully saturated rings. The summed E-state index contributed by atoms with van der Waals surface area (Å²) in [4.78, 5) is 12.8. The molecule has 0 atom stereocenters. The molecule has 1 saturated heterocycles. The first-order valence-corrected chi connectivity index (χ1v) is 4.61. The SMILES string of the molecule is C=CC(=O)OC=CCN1CCCOC1. The number of hydrogen-bond donors (Lipinski definition) is 0. The van der Waals surface area contributed by atoms with E-state index in [2.05, 4.69) is 16.2 Å². The van der Waals surface area contributed by atoms with Crippen LogP contribution in [0.3, 0.4) is 0 Å². The predicted octanol–water partition coefficient (Wildman–Crippen LogP) is 0.909.